The predicted octanol–water partition coefficient (Wildman–Crippen LogP) is 4.75. The smallest absolute Gasteiger partial charge is 0.111 e. The highest BCUT2D eigenvalue weighted by Crippen LogP contribution is 2.54. The first kappa shape index (κ1) is 19.4. The van der Waals surface area contributed by atoms with Crippen molar-refractivity contribution < 1.29 is 5.48 Å². The molecule has 0 amide bonds. The third kappa shape index (κ3) is 3.68. The van der Waals surface area contributed by atoms with Crippen molar-refractivity contribution in [2.24, 2.45) is 0 Å². The highest BCUT2D eigenvalue weighted by molar-refractivity contribution is 7.95. The fourth-order valence-electron chi connectivity index (χ4n) is 3.39. The van der Waals surface area contributed by atoms with Crippen LogP contribution >= 0.6 is 7.26 Å². The summed E-state index contributed by atoms with van der Waals surface area (Å²) < 4.78 is 0. The maximum absolute atomic E-state index is 2.34. The molecular weight excluding hydrogens is 323 g/mol. The predicted molar refractivity (Wildman–Crippen MR) is 112 cm³/mol. The van der Waals surface area contributed by atoms with Crippen LogP contribution < -0.4 is 15.9 Å². The van der Waals surface area contributed by atoms with Crippen LogP contribution in [0.4, 0.5) is 0 Å². The molecule has 2 heteroatoms. The Morgan fingerprint density at radius 1 is 0.520 bits per heavy atom. The third-order valence-electron chi connectivity index (χ3n) is 4.90. The van der Waals surface area contributed by atoms with E-state index in [0.717, 1.165) is 6.16 Å². The van der Waals surface area contributed by atoms with Crippen LogP contribution in [0.5, 0.6) is 0 Å². The maximum Gasteiger partial charge on any atom is 0.111 e. The van der Waals surface area contributed by atoms with E-state index in [1.807, 2.05) is 0 Å². The molecule has 0 saturated carbocycles. The molecule has 0 radical (unpaired) electrons. The van der Waals surface area contributed by atoms with Gasteiger partial charge in [0, 0.05) is 0 Å². The minimum Gasteiger partial charge on any atom is -0.870 e. The van der Waals surface area contributed by atoms with E-state index < -0.39 is 7.26 Å². The Morgan fingerprint density at radius 3 is 0.960 bits per heavy atom. The van der Waals surface area contributed by atoms with E-state index in [4.69, 9.17) is 0 Å². The van der Waals surface area contributed by atoms with Gasteiger partial charge < -0.3 is 5.48 Å². The summed E-state index contributed by atoms with van der Waals surface area (Å²) in [5.41, 5.74) is 3.96. The molecule has 3 aromatic rings. The molecule has 0 aliphatic carbocycles. The van der Waals surface area contributed by atoms with Gasteiger partial charge in [-0.15, -0.1) is 0 Å². The van der Waals surface area contributed by atoms with Crippen LogP contribution in [-0.2, 0) is 0 Å². The first-order valence-electron chi connectivity index (χ1n) is 8.66. The van der Waals surface area contributed by atoms with Crippen LogP contribution in [0.2, 0.25) is 0 Å². The van der Waals surface area contributed by atoms with Gasteiger partial charge in [-0.1, -0.05) is 53.1 Å². The quantitative estimate of drug-likeness (QED) is 0.625. The highest BCUT2D eigenvalue weighted by atomic mass is 31.2. The molecular formula is C23H27OP. The number of benzene rings is 3. The molecule has 3 rings (SSSR count). The van der Waals surface area contributed by atoms with Gasteiger partial charge in [-0.3, -0.25) is 0 Å². The van der Waals surface area contributed by atoms with E-state index in [1.165, 1.54) is 32.6 Å². The molecule has 0 aromatic heterocycles. The second-order valence-electron chi connectivity index (χ2n) is 6.63. The van der Waals surface area contributed by atoms with Gasteiger partial charge in [0.1, 0.15) is 23.2 Å². The minimum atomic E-state index is -1.59. The largest absolute Gasteiger partial charge is 0.870 e. The van der Waals surface area contributed by atoms with Crippen LogP contribution in [0, 0.1) is 20.8 Å². The molecule has 1 N–H and O–H groups in total. The van der Waals surface area contributed by atoms with Gasteiger partial charge in [-0.25, -0.2) is 0 Å². The highest BCUT2D eigenvalue weighted by Gasteiger charge is 2.43. The second kappa shape index (κ2) is 7.95. The van der Waals surface area contributed by atoms with Crippen LogP contribution in [-0.4, -0.2) is 11.6 Å². The van der Waals surface area contributed by atoms with Crippen LogP contribution in [0.3, 0.4) is 0 Å². The molecule has 130 valence electrons. The summed E-state index contributed by atoms with van der Waals surface area (Å²) in [6.45, 7) is 8.82. The summed E-state index contributed by atoms with van der Waals surface area (Å²) >= 11 is 0. The van der Waals surface area contributed by atoms with E-state index in [1.54, 1.807) is 0 Å². The lowest BCUT2D eigenvalue weighted by molar-refractivity contribution is 0.824. The first-order chi connectivity index (χ1) is 11.6. The van der Waals surface area contributed by atoms with Crippen molar-refractivity contribution in [2.75, 3.05) is 6.16 Å². The molecule has 0 bridgehead atoms. The molecule has 0 saturated heterocycles. The standard InChI is InChI=1S/C23H26P.H2O/c1-5-24(21-12-6-18(2)7-13-21,22-14-8-19(3)9-15-22)23-16-10-20(4)11-17-23;/h6-17H,5H2,1-4H3;1H2/q+1;/p-1. The monoisotopic (exact) mass is 350 g/mol. The van der Waals surface area contributed by atoms with Crippen LogP contribution in [0.25, 0.3) is 0 Å². The average molecular weight is 350 g/mol. The number of rotatable bonds is 4. The fraction of sp³-hybridized carbons (Fsp3) is 0.217. The summed E-state index contributed by atoms with van der Waals surface area (Å²) in [7, 11) is -1.59. The van der Waals surface area contributed by atoms with Crippen molar-refractivity contribution >= 4 is 23.2 Å². The van der Waals surface area contributed by atoms with E-state index in [9.17, 15) is 0 Å². The number of hydrogen-bond acceptors (Lipinski definition) is 1. The van der Waals surface area contributed by atoms with Gasteiger partial charge in [0.2, 0.25) is 0 Å². The van der Waals surface area contributed by atoms with Gasteiger partial charge in [0.05, 0.1) is 6.16 Å². The average Bonchev–Trinajstić information content (AvgIpc) is 2.60. The zero-order chi connectivity index (χ0) is 17.2. The zero-order valence-electron chi connectivity index (χ0n) is 15.5. The summed E-state index contributed by atoms with van der Waals surface area (Å²) in [6.07, 6.45) is 1.14. The van der Waals surface area contributed by atoms with E-state index in [2.05, 4.69) is 100 Å². The maximum atomic E-state index is 2.34. The van der Waals surface area contributed by atoms with Crippen molar-refractivity contribution in [3.05, 3.63) is 89.5 Å². The first-order valence-corrected chi connectivity index (χ1v) is 10.6. The van der Waals surface area contributed by atoms with Gasteiger partial charge >= 0.3 is 0 Å². The van der Waals surface area contributed by atoms with E-state index in [0.29, 0.717) is 0 Å². The number of aryl methyl sites for hydroxylation is 3. The summed E-state index contributed by atoms with van der Waals surface area (Å²) in [6, 6.07) is 27.6. The molecule has 0 fully saturated rings. The Labute approximate surface area is 152 Å². The second-order valence-corrected chi connectivity index (χ2v) is 10.4. The van der Waals surface area contributed by atoms with Gasteiger partial charge in [0.15, 0.2) is 0 Å². The lowest BCUT2D eigenvalue weighted by Gasteiger charge is -2.26. The Hall–Kier alpha value is -1.95. The SMILES string of the molecule is CC[P+](c1ccc(C)cc1)(c1ccc(C)cc1)c1ccc(C)cc1.[OH-]. The Morgan fingerprint density at radius 2 is 0.760 bits per heavy atom. The molecule has 1 nitrogen and oxygen atoms in total. The number of hydrogen-bond donors (Lipinski definition) is 0. The van der Waals surface area contributed by atoms with E-state index >= 15 is 0 Å². The Kier molecular flexibility index (Phi) is 6.16. The van der Waals surface area contributed by atoms with Crippen LogP contribution in [0.1, 0.15) is 23.6 Å². The topological polar surface area (TPSA) is 30.0 Å². The normalized spacial score (nSPS) is 11.0. The van der Waals surface area contributed by atoms with Crippen molar-refractivity contribution in [3.8, 4) is 0 Å². The lowest BCUT2D eigenvalue weighted by Crippen LogP contribution is -2.32. The molecule has 0 atom stereocenters. The van der Waals surface area contributed by atoms with Crippen molar-refractivity contribution in [1.29, 1.82) is 0 Å². The van der Waals surface area contributed by atoms with E-state index in [-0.39, 0.29) is 5.48 Å². The summed E-state index contributed by atoms with van der Waals surface area (Å²) in [5, 5.41) is 4.43. The van der Waals surface area contributed by atoms with Crippen LogP contribution in [0.15, 0.2) is 72.8 Å². The molecule has 0 aliphatic rings. The van der Waals surface area contributed by atoms with Gasteiger partial charge in [-0.05, 0) is 64.1 Å². The molecule has 0 spiro atoms. The van der Waals surface area contributed by atoms with Crippen molar-refractivity contribution in [3.63, 3.8) is 0 Å². The van der Waals surface area contributed by atoms with Gasteiger partial charge in [-0.2, -0.15) is 0 Å². The Balaban J connectivity index is 0.00000225. The molecule has 3 aromatic carbocycles. The van der Waals surface area contributed by atoms with Crippen molar-refractivity contribution in [1.82, 2.24) is 0 Å². The molecule has 0 unspecified atom stereocenters. The fourth-order valence-corrected chi connectivity index (χ4v) is 7.36. The lowest BCUT2D eigenvalue weighted by atomic mass is 10.2. The van der Waals surface area contributed by atoms with Crippen molar-refractivity contribution in [2.45, 2.75) is 27.7 Å². The molecule has 25 heavy (non-hydrogen) atoms. The summed E-state index contributed by atoms with van der Waals surface area (Å²) in [5.74, 6) is 0. The summed E-state index contributed by atoms with van der Waals surface area (Å²) in [4.78, 5) is 0. The Bertz CT molecular complexity index is 691. The zero-order valence-corrected chi connectivity index (χ0v) is 16.4. The van der Waals surface area contributed by atoms with Gasteiger partial charge in [0.25, 0.3) is 0 Å². The minimum absolute atomic E-state index is 0. The molecule has 0 aliphatic heterocycles. The molecule has 0 heterocycles. The third-order valence-corrected chi connectivity index (χ3v) is 9.39.